The minimum Gasteiger partial charge on any atom is -0.481 e. The van der Waals surface area contributed by atoms with Gasteiger partial charge in [0, 0.05) is 17.4 Å². The lowest BCUT2D eigenvalue weighted by molar-refractivity contribution is -0.141. The monoisotopic (exact) mass is 341 g/mol. The number of anilines is 1. The second-order valence-corrected chi connectivity index (χ2v) is 5.31. The second-order valence-electron chi connectivity index (χ2n) is 4.40. The van der Waals surface area contributed by atoms with Gasteiger partial charge in [-0.1, -0.05) is 15.9 Å². The van der Waals surface area contributed by atoms with Crippen molar-refractivity contribution in [2.45, 2.75) is 6.42 Å². The van der Waals surface area contributed by atoms with Gasteiger partial charge in [0.2, 0.25) is 5.91 Å². The van der Waals surface area contributed by atoms with Gasteiger partial charge in [-0.15, -0.1) is 0 Å². The molecule has 1 unspecified atom stereocenters. The third-order valence-corrected chi connectivity index (χ3v) is 3.62. The molecule has 1 aliphatic heterocycles. The molecule has 7 heteroatoms. The summed E-state index contributed by atoms with van der Waals surface area (Å²) in [6.45, 7) is 0.0554. The van der Waals surface area contributed by atoms with Gasteiger partial charge in [-0.2, -0.15) is 0 Å². The number of aliphatic carboxylic acids is 1. The fourth-order valence-corrected chi connectivity index (χ4v) is 2.48. The zero-order valence-corrected chi connectivity index (χ0v) is 12.2. The lowest BCUT2D eigenvalue weighted by Gasteiger charge is -2.19. The molecule has 1 heterocycles. The van der Waals surface area contributed by atoms with Crippen molar-refractivity contribution >= 4 is 39.5 Å². The molecule has 0 saturated carbocycles. The molecule has 0 bridgehead atoms. The lowest BCUT2D eigenvalue weighted by atomic mass is 10.1. The molecule has 0 aromatic heterocycles. The molecule has 0 radical (unpaired) electrons. The Kier molecular flexibility index (Phi) is 4.08. The molecule has 1 atom stereocenters. The largest absolute Gasteiger partial charge is 0.481 e. The molecule has 1 aromatic rings. The van der Waals surface area contributed by atoms with Gasteiger partial charge in [0.15, 0.2) is 0 Å². The van der Waals surface area contributed by atoms with E-state index in [1.54, 1.807) is 18.2 Å². The van der Waals surface area contributed by atoms with Crippen LogP contribution in [0.5, 0.6) is 0 Å². The smallest absolute Gasteiger partial charge is 0.340 e. The summed E-state index contributed by atoms with van der Waals surface area (Å²) in [5.74, 6) is -2.66. The Morgan fingerprint density at radius 3 is 2.70 bits per heavy atom. The van der Waals surface area contributed by atoms with Crippen LogP contribution in [0.1, 0.15) is 16.8 Å². The summed E-state index contributed by atoms with van der Waals surface area (Å²) in [5, 5.41) is 8.99. The van der Waals surface area contributed by atoms with Gasteiger partial charge in [-0.05, 0) is 18.2 Å². The summed E-state index contributed by atoms with van der Waals surface area (Å²) >= 11 is 3.25. The normalized spacial score (nSPS) is 18.2. The number of nitrogens with zero attached hydrogens (tertiary/aromatic N) is 1. The molecule has 1 aromatic carbocycles. The first kappa shape index (κ1) is 14.5. The number of hydrogen-bond acceptors (Lipinski definition) is 4. The molecule has 2 rings (SSSR count). The SMILES string of the molecule is COC(=O)c1cc(Br)ccc1N1CC(C(=O)O)CC1=O. The zero-order valence-electron chi connectivity index (χ0n) is 10.6. The summed E-state index contributed by atoms with van der Waals surface area (Å²) in [5.41, 5.74) is 0.593. The van der Waals surface area contributed by atoms with Gasteiger partial charge in [-0.25, -0.2) is 4.79 Å². The molecule has 20 heavy (non-hydrogen) atoms. The van der Waals surface area contributed by atoms with E-state index >= 15 is 0 Å². The fourth-order valence-electron chi connectivity index (χ4n) is 2.12. The maximum Gasteiger partial charge on any atom is 0.340 e. The van der Waals surface area contributed by atoms with Crippen LogP contribution in [-0.4, -0.2) is 36.6 Å². The molecular formula is C13H12BrNO5. The molecule has 106 valence electrons. The first-order valence-electron chi connectivity index (χ1n) is 5.85. The second kappa shape index (κ2) is 5.62. The molecule has 6 nitrogen and oxygen atoms in total. The highest BCUT2D eigenvalue weighted by atomic mass is 79.9. The molecule has 1 amide bonds. The van der Waals surface area contributed by atoms with Crippen molar-refractivity contribution in [1.82, 2.24) is 0 Å². The number of benzene rings is 1. The van der Waals surface area contributed by atoms with E-state index in [0.717, 1.165) is 0 Å². The Morgan fingerprint density at radius 1 is 1.45 bits per heavy atom. The fraction of sp³-hybridized carbons (Fsp3) is 0.308. The van der Waals surface area contributed by atoms with Gasteiger partial charge in [0.05, 0.1) is 24.3 Å². The van der Waals surface area contributed by atoms with Crippen molar-refractivity contribution in [3.8, 4) is 0 Å². The van der Waals surface area contributed by atoms with Crippen LogP contribution in [0.4, 0.5) is 5.69 Å². The molecule has 1 fully saturated rings. The van der Waals surface area contributed by atoms with Gasteiger partial charge >= 0.3 is 11.9 Å². The maximum atomic E-state index is 11.9. The van der Waals surface area contributed by atoms with Crippen molar-refractivity contribution in [2.24, 2.45) is 5.92 Å². The van der Waals surface area contributed by atoms with Crippen LogP contribution in [0.3, 0.4) is 0 Å². The molecule has 0 spiro atoms. The third-order valence-electron chi connectivity index (χ3n) is 3.13. The number of carbonyl (C=O) groups is 3. The summed E-state index contributed by atoms with van der Waals surface area (Å²) in [6, 6.07) is 4.82. The predicted molar refractivity (Wildman–Crippen MR) is 73.6 cm³/mol. The van der Waals surface area contributed by atoms with Crippen LogP contribution < -0.4 is 4.90 Å². The zero-order chi connectivity index (χ0) is 14.9. The summed E-state index contributed by atoms with van der Waals surface area (Å²) in [4.78, 5) is 36.0. The van der Waals surface area contributed by atoms with Crippen LogP contribution in [0.25, 0.3) is 0 Å². The number of carboxylic acids is 1. The highest BCUT2D eigenvalue weighted by Crippen LogP contribution is 2.30. The quantitative estimate of drug-likeness (QED) is 0.845. The number of esters is 1. The van der Waals surface area contributed by atoms with Gasteiger partial charge < -0.3 is 14.7 Å². The molecule has 1 aliphatic rings. The average molecular weight is 342 g/mol. The highest BCUT2D eigenvalue weighted by molar-refractivity contribution is 9.10. The number of hydrogen-bond donors (Lipinski definition) is 1. The van der Waals surface area contributed by atoms with E-state index in [4.69, 9.17) is 5.11 Å². The Balaban J connectivity index is 2.40. The van der Waals surface area contributed by atoms with Crippen LogP contribution >= 0.6 is 15.9 Å². The van der Waals surface area contributed by atoms with E-state index in [9.17, 15) is 14.4 Å². The Labute approximate surface area is 123 Å². The minimum atomic E-state index is -1.02. The van der Waals surface area contributed by atoms with Crippen LogP contribution in [0.2, 0.25) is 0 Å². The Bertz CT molecular complexity index is 586. The Hall–Kier alpha value is -1.89. The van der Waals surface area contributed by atoms with Crippen LogP contribution in [0, 0.1) is 5.92 Å². The van der Waals surface area contributed by atoms with Crippen molar-refractivity contribution in [2.75, 3.05) is 18.6 Å². The third kappa shape index (κ3) is 2.67. The van der Waals surface area contributed by atoms with E-state index in [0.29, 0.717) is 10.2 Å². The van der Waals surface area contributed by atoms with E-state index in [1.165, 1.54) is 12.0 Å². The molecule has 0 aliphatic carbocycles. The van der Waals surface area contributed by atoms with Crippen LogP contribution in [0.15, 0.2) is 22.7 Å². The topological polar surface area (TPSA) is 83.9 Å². The lowest BCUT2D eigenvalue weighted by Crippen LogP contribution is -2.27. The number of halogens is 1. The van der Waals surface area contributed by atoms with Crippen molar-refractivity contribution < 1.29 is 24.2 Å². The van der Waals surface area contributed by atoms with Gasteiger partial charge in [0.1, 0.15) is 0 Å². The van der Waals surface area contributed by atoms with E-state index in [2.05, 4.69) is 20.7 Å². The predicted octanol–water partition coefficient (Wildman–Crippen LogP) is 1.67. The number of ether oxygens (including phenoxy) is 1. The molecule has 1 N–H and O–H groups in total. The number of carbonyl (C=O) groups excluding carboxylic acids is 2. The van der Waals surface area contributed by atoms with E-state index in [1.807, 2.05) is 0 Å². The van der Waals surface area contributed by atoms with Crippen molar-refractivity contribution in [1.29, 1.82) is 0 Å². The Morgan fingerprint density at radius 2 is 2.15 bits per heavy atom. The number of carboxylic acid groups (broad SMARTS) is 1. The molecule has 1 saturated heterocycles. The number of methoxy groups -OCH3 is 1. The minimum absolute atomic E-state index is 0.0554. The number of amides is 1. The summed E-state index contributed by atoms with van der Waals surface area (Å²) in [7, 11) is 1.25. The first-order valence-corrected chi connectivity index (χ1v) is 6.64. The molecular weight excluding hydrogens is 330 g/mol. The summed E-state index contributed by atoms with van der Waals surface area (Å²) in [6.07, 6.45) is -0.0635. The van der Waals surface area contributed by atoms with Crippen molar-refractivity contribution in [3.05, 3.63) is 28.2 Å². The van der Waals surface area contributed by atoms with Crippen LogP contribution in [-0.2, 0) is 14.3 Å². The van der Waals surface area contributed by atoms with E-state index in [-0.39, 0.29) is 24.4 Å². The highest BCUT2D eigenvalue weighted by Gasteiger charge is 2.36. The van der Waals surface area contributed by atoms with Gasteiger partial charge in [-0.3, -0.25) is 9.59 Å². The standard InChI is InChI=1S/C13H12BrNO5/c1-20-13(19)9-5-8(14)2-3-10(9)15-6-7(12(17)18)4-11(15)16/h2-3,5,7H,4,6H2,1H3,(H,17,18). The summed E-state index contributed by atoms with van der Waals surface area (Å²) < 4.78 is 5.36. The maximum absolute atomic E-state index is 11.9. The van der Waals surface area contributed by atoms with E-state index < -0.39 is 17.9 Å². The van der Waals surface area contributed by atoms with Gasteiger partial charge in [0.25, 0.3) is 0 Å². The first-order chi connectivity index (χ1) is 9.43. The average Bonchev–Trinajstić information content (AvgIpc) is 2.80. The van der Waals surface area contributed by atoms with Crippen molar-refractivity contribution in [3.63, 3.8) is 0 Å². The number of rotatable bonds is 3.